The summed E-state index contributed by atoms with van der Waals surface area (Å²) in [5.74, 6) is -0.667. The van der Waals surface area contributed by atoms with Gasteiger partial charge in [0.25, 0.3) is 0 Å². The van der Waals surface area contributed by atoms with E-state index >= 15 is 0 Å². The number of amides is 1. The quantitative estimate of drug-likeness (QED) is 0.813. The number of benzene rings is 2. The van der Waals surface area contributed by atoms with Crippen LogP contribution in [0.4, 0.5) is 20.2 Å². The van der Waals surface area contributed by atoms with E-state index in [1.807, 2.05) is 0 Å². The number of rotatable bonds is 7. The van der Waals surface area contributed by atoms with Crippen molar-refractivity contribution in [2.75, 3.05) is 31.4 Å². The molecule has 128 valence electrons. The monoisotopic (exact) mass is 336 g/mol. The fourth-order valence-electron chi connectivity index (χ4n) is 2.08. The van der Waals surface area contributed by atoms with Gasteiger partial charge < -0.3 is 20.1 Å². The highest BCUT2D eigenvalue weighted by Gasteiger charge is 2.11. The predicted molar refractivity (Wildman–Crippen MR) is 87.6 cm³/mol. The van der Waals surface area contributed by atoms with Crippen molar-refractivity contribution in [2.45, 2.75) is 6.42 Å². The summed E-state index contributed by atoms with van der Waals surface area (Å²) in [6.45, 7) is 0.0855. The summed E-state index contributed by atoms with van der Waals surface area (Å²) in [5, 5.41) is 5.26. The number of carbonyl (C=O) groups is 1. The number of hydrogen-bond acceptors (Lipinski definition) is 4. The fourth-order valence-corrected chi connectivity index (χ4v) is 2.08. The summed E-state index contributed by atoms with van der Waals surface area (Å²) in [6.07, 6.45) is 0.0307. The molecule has 5 nitrogen and oxygen atoms in total. The Morgan fingerprint density at radius 3 is 2.42 bits per heavy atom. The zero-order valence-corrected chi connectivity index (χ0v) is 13.4. The Hall–Kier alpha value is -2.83. The molecule has 1 amide bonds. The summed E-state index contributed by atoms with van der Waals surface area (Å²) in [6, 6.07) is 8.55. The minimum absolute atomic E-state index is 0.0307. The van der Waals surface area contributed by atoms with Gasteiger partial charge in [-0.15, -0.1) is 0 Å². The van der Waals surface area contributed by atoms with Crippen molar-refractivity contribution in [1.29, 1.82) is 0 Å². The predicted octanol–water partition coefficient (Wildman–Crippen LogP) is 3.42. The molecular weight excluding hydrogens is 318 g/mol. The van der Waals surface area contributed by atoms with Gasteiger partial charge in [-0.05, 0) is 24.3 Å². The van der Waals surface area contributed by atoms with E-state index in [9.17, 15) is 13.6 Å². The van der Waals surface area contributed by atoms with Gasteiger partial charge in [-0.1, -0.05) is 6.07 Å². The Balaban J connectivity index is 1.92. The van der Waals surface area contributed by atoms with Crippen molar-refractivity contribution in [3.63, 3.8) is 0 Å². The van der Waals surface area contributed by atoms with Crippen LogP contribution >= 0.6 is 0 Å². The molecule has 0 spiro atoms. The van der Waals surface area contributed by atoms with E-state index in [0.29, 0.717) is 17.2 Å². The van der Waals surface area contributed by atoms with Gasteiger partial charge in [-0.25, -0.2) is 8.78 Å². The zero-order chi connectivity index (χ0) is 17.5. The van der Waals surface area contributed by atoms with Crippen LogP contribution in [0.15, 0.2) is 36.4 Å². The first-order valence-electron chi connectivity index (χ1n) is 7.25. The van der Waals surface area contributed by atoms with Crippen LogP contribution in [0.1, 0.15) is 6.42 Å². The van der Waals surface area contributed by atoms with Crippen LogP contribution in [0.3, 0.4) is 0 Å². The molecule has 0 saturated carbocycles. The second-order valence-corrected chi connectivity index (χ2v) is 4.89. The molecule has 0 unspecified atom stereocenters. The molecule has 0 fully saturated rings. The summed E-state index contributed by atoms with van der Waals surface area (Å²) < 4.78 is 37.2. The number of methoxy groups -OCH3 is 2. The van der Waals surface area contributed by atoms with E-state index in [1.54, 1.807) is 18.2 Å². The van der Waals surface area contributed by atoms with Gasteiger partial charge in [0, 0.05) is 19.0 Å². The lowest BCUT2D eigenvalue weighted by Crippen LogP contribution is -2.17. The van der Waals surface area contributed by atoms with Gasteiger partial charge in [-0.3, -0.25) is 4.79 Å². The molecular formula is C17H18F2N2O3. The van der Waals surface area contributed by atoms with Crippen LogP contribution < -0.4 is 20.1 Å². The number of anilines is 2. The van der Waals surface area contributed by atoms with Crippen molar-refractivity contribution in [3.8, 4) is 11.5 Å². The van der Waals surface area contributed by atoms with Crippen molar-refractivity contribution in [2.24, 2.45) is 0 Å². The molecule has 0 saturated heterocycles. The maximum atomic E-state index is 13.5. The molecule has 2 N–H and O–H groups in total. The van der Waals surface area contributed by atoms with Gasteiger partial charge in [0.05, 0.1) is 19.9 Å². The van der Waals surface area contributed by atoms with Crippen LogP contribution in [0.5, 0.6) is 11.5 Å². The van der Waals surface area contributed by atoms with Crippen molar-refractivity contribution in [1.82, 2.24) is 0 Å². The highest BCUT2D eigenvalue weighted by atomic mass is 19.1. The lowest BCUT2D eigenvalue weighted by atomic mass is 10.2. The standard InChI is InChI=1S/C17H18F2N2O3/c1-23-11-6-7-14(15(10-11)24-2)21-16(22)8-9-20-17-12(18)4-3-5-13(17)19/h3-7,10,20H,8-9H2,1-2H3,(H,21,22). The largest absolute Gasteiger partial charge is 0.497 e. The van der Waals surface area contributed by atoms with Crippen molar-refractivity contribution >= 4 is 17.3 Å². The van der Waals surface area contributed by atoms with Crippen LogP contribution in [-0.2, 0) is 4.79 Å². The van der Waals surface area contributed by atoms with Gasteiger partial charge in [0.15, 0.2) is 0 Å². The lowest BCUT2D eigenvalue weighted by molar-refractivity contribution is -0.116. The van der Waals surface area contributed by atoms with Gasteiger partial charge in [-0.2, -0.15) is 0 Å². The van der Waals surface area contributed by atoms with Gasteiger partial charge >= 0.3 is 0 Å². The average Bonchev–Trinajstić information content (AvgIpc) is 2.58. The number of nitrogens with one attached hydrogen (secondary N) is 2. The first-order chi connectivity index (χ1) is 11.5. The molecule has 0 aliphatic heterocycles. The van der Waals surface area contributed by atoms with E-state index in [2.05, 4.69) is 10.6 Å². The number of para-hydroxylation sites is 1. The highest BCUT2D eigenvalue weighted by molar-refractivity contribution is 5.92. The maximum Gasteiger partial charge on any atom is 0.226 e. The van der Waals surface area contributed by atoms with E-state index in [-0.39, 0.29) is 24.6 Å². The third-order valence-corrected chi connectivity index (χ3v) is 3.30. The molecule has 0 bridgehead atoms. The summed E-state index contributed by atoms with van der Waals surface area (Å²) >= 11 is 0. The third kappa shape index (κ3) is 4.34. The number of hydrogen-bond donors (Lipinski definition) is 2. The van der Waals surface area contributed by atoms with Crippen LogP contribution in [-0.4, -0.2) is 26.7 Å². The van der Waals surface area contributed by atoms with E-state index in [1.165, 1.54) is 20.3 Å². The molecule has 2 rings (SSSR count). The first-order valence-corrected chi connectivity index (χ1v) is 7.25. The Morgan fingerprint density at radius 1 is 1.08 bits per heavy atom. The average molecular weight is 336 g/mol. The summed E-state index contributed by atoms with van der Waals surface area (Å²) in [4.78, 5) is 12.0. The normalized spacial score (nSPS) is 10.2. The van der Waals surface area contributed by atoms with E-state index in [0.717, 1.165) is 12.1 Å². The van der Waals surface area contributed by atoms with Crippen molar-refractivity contribution < 1.29 is 23.0 Å². The minimum Gasteiger partial charge on any atom is -0.497 e. The highest BCUT2D eigenvalue weighted by Crippen LogP contribution is 2.29. The van der Waals surface area contributed by atoms with Gasteiger partial charge in [0.2, 0.25) is 5.91 Å². The second-order valence-electron chi connectivity index (χ2n) is 4.89. The van der Waals surface area contributed by atoms with Crippen molar-refractivity contribution in [3.05, 3.63) is 48.0 Å². The molecule has 0 aliphatic carbocycles. The molecule has 0 heterocycles. The summed E-state index contributed by atoms with van der Waals surface area (Å²) in [7, 11) is 3.01. The SMILES string of the molecule is COc1ccc(NC(=O)CCNc2c(F)cccc2F)c(OC)c1. The first kappa shape index (κ1) is 17.5. The van der Waals surface area contributed by atoms with Gasteiger partial charge in [0.1, 0.15) is 28.8 Å². The molecule has 0 radical (unpaired) electrons. The number of ether oxygens (including phenoxy) is 2. The molecule has 0 aliphatic rings. The Bertz CT molecular complexity index is 703. The molecule has 2 aromatic rings. The number of carbonyl (C=O) groups excluding carboxylic acids is 1. The molecule has 24 heavy (non-hydrogen) atoms. The maximum absolute atomic E-state index is 13.5. The summed E-state index contributed by atoms with van der Waals surface area (Å²) in [5.41, 5.74) is 0.243. The number of halogens is 2. The van der Waals surface area contributed by atoms with Crippen LogP contribution in [0.2, 0.25) is 0 Å². The minimum atomic E-state index is -0.702. The Labute approximate surface area is 138 Å². The topological polar surface area (TPSA) is 59.6 Å². The molecule has 2 aromatic carbocycles. The molecule has 0 atom stereocenters. The van der Waals surface area contributed by atoms with E-state index < -0.39 is 11.6 Å². The van der Waals surface area contributed by atoms with E-state index in [4.69, 9.17) is 9.47 Å². The fraction of sp³-hybridized carbons (Fsp3) is 0.235. The second kappa shape index (κ2) is 8.14. The third-order valence-electron chi connectivity index (χ3n) is 3.30. The molecule has 0 aromatic heterocycles. The Kier molecular flexibility index (Phi) is 5.95. The lowest BCUT2D eigenvalue weighted by Gasteiger charge is -2.12. The molecule has 7 heteroatoms. The van der Waals surface area contributed by atoms with Crippen LogP contribution in [0, 0.1) is 11.6 Å². The van der Waals surface area contributed by atoms with Crippen LogP contribution in [0.25, 0.3) is 0 Å². The zero-order valence-electron chi connectivity index (χ0n) is 13.4. The smallest absolute Gasteiger partial charge is 0.226 e. The Morgan fingerprint density at radius 2 is 1.79 bits per heavy atom.